The Morgan fingerprint density at radius 2 is 1.66 bits per heavy atom. The second-order valence-corrected chi connectivity index (χ2v) is 9.66. The zero-order valence-electron chi connectivity index (χ0n) is 20.3. The topological polar surface area (TPSA) is 105 Å². The van der Waals surface area contributed by atoms with Crippen molar-refractivity contribution in [1.82, 2.24) is 10.2 Å². The maximum Gasteiger partial charge on any atom is 0.407 e. The molecule has 186 valence electrons. The highest BCUT2D eigenvalue weighted by molar-refractivity contribution is 5.87. The summed E-state index contributed by atoms with van der Waals surface area (Å²) < 4.78 is 11.0. The minimum Gasteiger partial charge on any atom is -0.480 e. The summed E-state index contributed by atoms with van der Waals surface area (Å²) in [7, 11) is 0. The monoisotopic (exact) mass is 480 g/mol. The third kappa shape index (κ3) is 5.17. The van der Waals surface area contributed by atoms with Gasteiger partial charge in [-0.15, -0.1) is 0 Å². The molecule has 0 unspecified atom stereocenters. The average molecular weight is 481 g/mol. The molecule has 0 aromatic heterocycles. The van der Waals surface area contributed by atoms with Crippen LogP contribution in [0.15, 0.2) is 48.5 Å². The Bertz CT molecular complexity index is 1060. The van der Waals surface area contributed by atoms with Crippen LogP contribution in [0.5, 0.6) is 0 Å². The molecule has 8 nitrogen and oxygen atoms in total. The van der Waals surface area contributed by atoms with Gasteiger partial charge in [-0.1, -0.05) is 68.8 Å². The molecule has 1 saturated heterocycles. The number of amides is 2. The molecular formula is C27H32N2O6. The molecule has 0 bridgehead atoms. The van der Waals surface area contributed by atoms with Crippen molar-refractivity contribution in [3.8, 4) is 11.1 Å². The maximum atomic E-state index is 13.2. The van der Waals surface area contributed by atoms with E-state index < -0.39 is 30.3 Å². The van der Waals surface area contributed by atoms with E-state index in [2.05, 4.69) is 29.6 Å². The number of aliphatic carboxylic acids is 1. The SMILES string of the molecule is CC[C@H](C)[C@H](NC(=O)OCC1c2ccccc2-c2ccccc21)C(=O)N1CC(C)(OCC(=O)O)C1. The summed E-state index contributed by atoms with van der Waals surface area (Å²) in [5, 5.41) is 11.6. The van der Waals surface area contributed by atoms with Crippen LogP contribution in [-0.4, -0.2) is 65.9 Å². The molecule has 0 spiro atoms. The summed E-state index contributed by atoms with van der Waals surface area (Å²) in [5.41, 5.74) is 3.85. The summed E-state index contributed by atoms with van der Waals surface area (Å²) in [6, 6.07) is 15.5. The third-order valence-electron chi connectivity index (χ3n) is 7.00. The zero-order valence-corrected chi connectivity index (χ0v) is 20.3. The molecule has 35 heavy (non-hydrogen) atoms. The number of hydrogen-bond donors (Lipinski definition) is 2. The number of rotatable bonds is 9. The highest BCUT2D eigenvalue weighted by atomic mass is 16.5. The third-order valence-corrected chi connectivity index (χ3v) is 7.00. The lowest BCUT2D eigenvalue weighted by Crippen LogP contribution is -2.67. The van der Waals surface area contributed by atoms with Gasteiger partial charge in [-0.25, -0.2) is 9.59 Å². The van der Waals surface area contributed by atoms with Crippen molar-refractivity contribution < 1.29 is 29.0 Å². The Labute approximate surface area is 205 Å². The van der Waals surface area contributed by atoms with Gasteiger partial charge in [0.25, 0.3) is 0 Å². The second-order valence-electron chi connectivity index (χ2n) is 9.66. The first-order chi connectivity index (χ1) is 16.7. The fourth-order valence-electron chi connectivity index (χ4n) is 4.89. The largest absolute Gasteiger partial charge is 0.480 e. The van der Waals surface area contributed by atoms with Crippen molar-refractivity contribution in [3.05, 3.63) is 59.7 Å². The van der Waals surface area contributed by atoms with Crippen LogP contribution in [0, 0.1) is 5.92 Å². The van der Waals surface area contributed by atoms with E-state index >= 15 is 0 Å². The number of hydrogen-bond acceptors (Lipinski definition) is 5. The minimum absolute atomic E-state index is 0.0617. The molecule has 4 rings (SSSR count). The lowest BCUT2D eigenvalue weighted by molar-refractivity contribution is -0.175. The first kappa shape index (κ1) is 24.7. The van der Waals surface area contributed by atoms with Crippen LogP contribution in [-0.2, 0) is 19.1 Å². The number of nitrogens with zero attached hydrogens (tertiary/aromatic N) is 1. The molecule has 1 fully saturated rings. The Kier molecular flexibility index (Phi) is 7.12. The van der Waals surface area contributed by atoms with Crippen LogP contribution in [0.2, 0.25) is 0 Å². The highest BCUT2D eigenvalue weighted by Crippen LogP contribution is 2.44. The number of fused-ring (bicyclic) bond motifs is 3. The minimum atomic E-state index is -1.05. The van der Waals surface area contributed by atoms with E-state index in [0.717, 1.165) is 22.3 Å². The van der Waals surface area contributed by atoms with Crippen LogP contribution >= 0.6 is 0 Å². The van der Waals surface area contributed by atoms with Gasteiger partial charge >= 0.3 is 12.1 Å². The predicted octanol–water partition coefficient (Wildman–Crippen LogP) is 3.64. The zero-order chi connectivity index (χ0) is 25.2. The van der Waals surface area contributed by atoms with Crippen LogP contribution in [0.4, 0.5) is 4.79 Å². The van der Waals surface area contributed by atoms with Crippen LogP contribution < -0.4 is 5.32 Å². The van der Waals surface area contributed by atoms with Crippen molar-refractivity contribution in [2.24, 2.45) is 5.92 Å². The quantitative estimate of drug-likeness (QED) is 0.568. The molecule has 1 heterocycles. The number of ether oxygens (including phenoxy) is 2. The van der Waals surface area contributed by atoms with E-state index in [9.17, 15) is 14.4 Å². The first-order valence-electron chi connectivity index (χ1n) is 12.0. The molecule has 2 aromatic carbocycles. The van der Waals surface area contributed by atoms with Crippen molar-refractivity contribution >= 4 is 18.0 Å². The summed E-state index contributed by atoms with van der Waals surface area (Å²) in [6.45, 7) is 5.96. The van der Waals surface area contributed by atoms with Gasteiger partial charge in [0.05, 0.1) is 13.1 Å². The molecule has 8 heteroatoms. The standard InChI is InChI=1S/C27H32N2O6/c1-4-17(2)24(25(32)29-15-27(3,16-29)35-14-23(30)31)28-26(33)34-13-22-20-11-7-5-9-18(20)19-10-6-8-12-21(19)22/h5-12,17,22,24H,4,13-16H2,1-3H3,(H,28,33)(H,30,31)/t17-,24-/m0/s1. The van der Waals surface area contributed by atoms with Gasteiger partial charge in [0.15, 0.2) is 0 Å². The number of carboxylic acids is 1. The Morgan fingerprint density at radius 1 is 1.09 bits per heavy atom. The van der Waals surface area contributed by atoms with Gasteiger partial charge in [0.2, 0.25) is 5.91 Å². The number of likely N-dealkylation sites (tertiary alicyclic amines) is 1. The normalized spacial score (nSPS) is 17.5. The number of benzene rings is 2. The lowest BCUT2D eigenvalue weighted by atomic mass is 9.91. The molecule has 2 atom stereocenters. The summed E-state index contributed by atoms with van der Waals surface area (Å²) in [5.74, 6) is -1.43. The summed E-state index contributed by atoms with van der Waals surface area (Å²) >= 11 is 0. The van der Waals surface area contributed by atoms with Crippen molar-refractivity contribution in [1.29, 1.82) is 0 Å². The number of carboxylic acid groups (broad SMARTS) is 1. The molecule has 0 saturated carbocycles. The molecular weight excluding hydrogens is 448 g/mol. The molecule has 2 N–H and O–H groups in total. The van der Waals surface area contributed by atoms with Crippen molar-refractivity contribution in [3.63, 3.8) is 0 Å². The van der Waals surface area contributed by atoms with E-state index in [0.29, 0.717) is 6.42 Å². The van der Waals surface area contributed by atoms with Crippen LogP contribution in [0.3, 0.4) is 0 Å². The highest BCUT2D eigenvalue weighted by Gasteiger charge is 2.45. The fraction of sp³-hybridized carbons (Fsp3) is 0.444. The first-order valence-corrected chi connectivity index (χ1v) is 12.0. The fourth-order valence-corrected chi connectivity index (χ4v) is 4.89. The number of carbonyl (C=O) groups is 3. The Hall–Kier alpha value is -3.39. The molecule has 2 aromatic rings. The predicted molar refractivity (Wildman–Crippen MR) is 130 cm³/mol. The number of nitrogens with one attached hydrogen (secondary N) is 1. The van der Waals surface area contributed by atoms with Crippen LogP contribution in [0.1, 0.15) is 44.2 Å². The van der Waals surface area contributed by atoms with E-state index in [1.165, 1.54) is 0 Å². The molecule has 1 aliphatic heterocycles. The smallest absolute Gasteiger partial charge is 0.407 e. The van der Waals surface area contributed by atoms with Gasteiger partial charge in [0, 0.05) is 5.92 Å². The molecule has 2 aliphatic rings. The van der Waals surface area contributed by atoms with Crippen molar-refractivity contribution in [2.75, 3.05) is 26.3 Å². The van der Waals surface area contributed by atoms with E-state index in [-0.39, 0.29) is 37.4 Å². The number of alkyl carbamates (subject to hydrolysis) is 1. The Balaban J connectivity index is 1.38. The van der Waals surface area contributed by atoms with Crippen molar-refractivity contribution in [2.45, 2.75) is 44.8 Å². The van der Waals surface area contributed by atoms with Gasteiger partial charge < -0.3 is 24.8 Å². The van der Waals surface area contributed by atoms with Gasteiger partial charge in [-0.2, -0.15) is 0 Å². The average Bonchev–Trinajstić information content (AvgIpc) is 3.16. The van der Waals surface area contributed by atoms with Gasteiger partial charge in [0.1, 0.15) is 24.9 Å². The molecule has 2 amide bonds. The molecule has 1 aliphatic carbocycles. The van der Waals surface area contributed by atoms with E-state index in [4.69, 9.17) is 14.6 Å². The van der Waals surface area contributed by atoms with E-state index in [1.54, 1.807) is 11.8 Å². The molecule has 0 radical (unpaired) electrons. The maximum absolute atomic E-state index is 13.2. The Morgan fingerprint density at radius 3 is 2.20 bits per heavy atom. The van der Waals surface area contributed by atoms with Gasteiger partial charge in [-0.05, 0) is 35.1 Å². The van der Waals surface area contributed by atoms with Crippen LogP contribution in [0.25, 0.3) is 11.1 Å². The number of carbonyl (C=O) groups excluding carboxylic acids is 2. The summed E-state index contributed by atoms with van der Waals surface area (Å²) in [6.07, 6.45) is 0.0663. The lowest BCUT2D eigenvalue weighted by Gasteiger charge is -2.48. The second kappa shape index (κ2) is 10.1. The summed E-state index contributed by atoms with van der Waals surface area (Å²) in [4.78, 5) is 38.3. The van der Waals surface area contributed by atoms with E-state index in [1.807, 2.05) is 38.1 Å². The van der Waals surface area contributed by atoms with Gasteiger partial charge in [-0.3, -0.25) is 4.79 Å².